The van der Waals surface area contributed by atoms with E-state index in [9.17, 15) is 14.0 Å². The van der Waals surface area contributed by atoms with Gasteiger partial charge < -0.3 is 9.80 Å². The summed E-state index contributed by atoms with van der Waals surface area (Å²) in [4.78, 5) is 35.2. The van der Waals surface area contributed by atoms with E-state index in [-0.39, 0.29) is 29.7 Å². The van der Waals surface area contributed by atoms with Gasteiger partial charge in [-0.2, -0.15) is 5.10 Å². The first-order chi connectivity index (χ1) is 17.9. The molecule has 10 heteroatoms. The van der Waals surface area contributed by atoms with Crippen LogP contribution < -0.4 is 10.5 Å². The minimum Gasteiger partial charge on any atom is -0.366 e. The van der Waals surface area contributed by atoms with Gasteiger partial charge in [0.2, 0.25) is 5.91 Å². The van der Waals surface area contributed by atoms with Gasteiger partial charge in [0.15, 0.2) is 10.8 Å². The minimum absolute atomic E-state index is 0.00413. The molecule has 0 bridgehead atoms. The van der Waals surface area contributed by atoms with Crippen molar-refractivity contribution in [3.05, 3.63) is 76.0 Å². The van der Waals surface area contributed by atoms with E-state index in [2.05, 4.69) is 12.0 Å². The topological polar surface area (TPSA) is 76.3 Å². The van der Waals surface area contributed by atoms with E-state index in [1.54, 1.807) is 27.6 Å². The molecule has 2 aliphatic heterocycles. The number of carbonyl (C=O) groups excluding carboxylic acids is 1. The predicted molar refractivity (Wildman–Crippen MR) is 142 cm³/mol. The number of piperazine rings is 1. The monoisotopic (exact) mass is 518 g/mol. The van der Waals surface area contributed by atoms with Gasteiger partial charge in [-0.05, 0) is 49.2 Å². The van der Waals surface area contributed by atoms with E-state index in [0.717, 1.165) is 11.3 Å². The van der Waals surface area contributed by atoms with Crippen LogP contribution in [0.2, 0.25) is 0 Å². The van der Waals surface area contributed by atoms with E-state index >= 15 is 0 Å². The summed E-state index contributed by atoms with van der Waals surface area (Å²) in [5.74, 6) is 0.373. The van der Waals surface area contributed by atoms with Gasteiger partial charge in [0.05, 0.1) is 23.6 Å². The highest BCUT2D eigenvalue weighted by Gasteiger charge is 2.32. The van der Waals surface area contributed by atoms with Crippen molar-refractivity contribution in [2.75, 3.05) is 36.8 Å². The number of thioether (sulfide) groups is 1. The summed E-state index contributed by atoms with van der Waals surface area (Å²) in [6.45, 7) is 6.29. The molecular formula is C27H27FN6O2S. The zero-order valence-electron chi connectivity index (χ0n) is 20.7. The van der Waals surface area contributed by atoms with Crippen LogP contribution in [-0.2, 0) is 4.79 Å². The van der Waals surface area contributed by atoms with Crippen molar-refractivity contribution in [1.82, 2.24) is 24.2 Å². The number of fused-ring (bicyclic) bond motifs is 2. The molecule has 0 radical (unpaired) electrons. The van der Waals surface area contributed by atoms with Crippen LogP contribution in [0.4, 0.5) is 10.1 Å². The van der Waals surface area contributed by atoms with Crippen LogP contribution in [0.15, 0.2) is 58.6 Å². The van der Waals surface area contributed by atoms with Crippen LogP contribution in [0.3, 0.4) is 0 Å². The second kappa shape index (κ2) is 9.33. The first-order valence-corrected chi connectivity index (χ1v) is 13.4. The molecule has 0 aliphatic carbocycles. The molecule has 0 spiro atoms. The van der Waals surface area contributed by atoms with Crippen LogP contribution in [0.1, 0.15) is 23.6 Å². The van der Waals surface area contributed by atoms with E-state index in [0.29, 0.717) is 53.8 Å². The van der Waals surface area contributed by atoms with E-state index < -0.39 is 0 Å². The van der Waals surface area contributed by atoms with Crippen molar-refractivity contribution < 1.29 is 9.18 Å². The quantitative estimate of drug-likeness (QED) is 0.384. The zero-order valence-corrected chi connectivity index (χ0v) is 21.5. The largest absolute Gasteiger partial charge is 0.366 e. The van der Waals surface area contributed by atoms with E-state index in [1.807, 2.05) is 41.0 Å². The highest BCUT2D eigenvalue weighted by Crippen LogP contribution is 2.34. The molecule has 0 saturated carbocycles. The number of benzene rings is 2. The van der Waals surface area contributed by atoms with E-state index in [1.165, 1.54) is 23.4 Å². The smallest absolute Gasteiger partial charge is 0.265 e. The van der Waals surface area contributed by atoms with Crippen LogP contribution >= 0.6 is 11.8 Å². The zero-order chi connectivity index (χ0) is 25.7. The summed E-state index contributed by atoms with van der Waals surface area (Å²) >= 11 is 1.50. The van der Waals surface area contributed by atoms with Crippen molar-refractivity contribution in [2.24, 2.45) is 0 Å². The Morgan fingerprint density at radius 2 is 1.86 bits per heavy atom. The molecule has 8 nitrogen and oxygen atoms in total. The molecule has 4 heterocycles. The molecule has 0 N–H and O–H groups in total. The van der Waals surface area contributed by atoms with Gasteiger partial charge in [-0.15, -0.1) is 0 Å². The molecule has 2 aromatic carbocycles. The second-order valence-corrected chi connectivity index (χ2v) is 10.6. The summed E-state index contributed by atoms with van der Waals surface area (Å²) in [6.07, 6.45) is 1.80. The van der Waals surface area contributed by atoms with Crippen molar-refractivity contribution in [3.8, 4) is 5.69 Å². The molecule has 4 aromatic rings. The van der Waals surface area contributed by atoms with Gasteiger partial charge in [-0.1, -0.05) is 30.0 Å². The number of para-hydroxylation sites is 1. The number of halogens is 1. The molecule has 37 heavy (non-hydrogen) atoms. The molecule has 1 unspecified atom stereocenters. The Labute approximate surface area is 217 Å². The van der Waals surface area contributed by atoms with Gasteiger partial charge in [-0.25, -0.2) is 14.1 Å². The van der Waals surface area contributed by atoms with Crippen LogP contribution in [0, 0.1) is 19.7 Å². The number of nitrogens with zero attached hydrogens (tertiary/aromatic N) is 6. The summed E-state index contributed by atoms with van der Waals surface area (Å²) in [5.41, 5.74) is 4.12. The Bertz CT molecular complexity index is 1570. The number of amides is 1. The molecule has 1 saturated heterocycles. The molecule has 1 atom stereocenters. The summed E-state index contributed by atoms with van der Waals surface area (Å²) in [7, 11) is 0. The third-order valence-electron chi connectivity index (χ3n) is 7.34. The number of aryl methyl sites for hydroxylation is 2. The van der Waals surface area contributed by atoms with Crippen LogP contribution in [-0.4, -0.2) is 62.1 Å². The van der Waals surface area contributed by atoms with Gasteiger partial charge in [-0.3, -0.25) is 14.2 Å². The first kappa shape index (κ1) is 23.7. The fraction of sp³-hybridized carbons (Fsp3) is 0.333. The summed E-state index contributed by atoms with van der Waals surface area (Å²) < 4.78 is 17.5. The summed E-state index contributed by atoms with van der Waals surface area (Å²) in [5, 5.41) is 5.52. The average Bonchev–Trinajstić information content (AvgIpc) is 3.51. The fourth-order valence-electron chi connectivity index (χ4n) is 5.06. The highest BCUT2D eigenvalue weighted by molar-refractivity contribution is 7.99. The second-order valence-electron chi connectivity index (χ2n) is 9.62. The maximum Gasteiger partial charge on any atom is 0.265 e. The lowest BCUT2D eigenvalue weighted by molar-refractivity contribution is -0.132. The molecule has 2 aromatic heterocycles. The minimum atomic E-state index is -0.258. The normalized spacial score (nSPS) is 17.4. The first-order valence-electron chi connectivity index (χ1n) is 12.4. The SMILES string of the molecule is Cc1ccc(-n2ncc3c(=O)n4c(nc32)SCC4CC(=O)N2CCN(c3ccccc3F)CC2)cc1C. The van der Waals surface area contributed by atoms with Crippen molar-refractivity contribution >= 4 is 34.4 Å². The number of carbonyl (C=O) groups is 1. The number of rotatable bonds is 4. The average molecular weight is 519 g/mol. The van der Waals surface area contributed by atoms with Crippen molar-refractivity contribution in [2.45, 2.75) is 31.5 Å². The van der Waals surface area contributed by atoms with E-state index in [4.69, 9.17) is 4.98 Å². The number of aromatic nitrogens is 4. The molecule has 190 valence electrons. The van der Waals surface area contributed by atoms with Crippen LogP contribution in [0.25, 0.3) is 16.7 Å². The lowest BCUT2D eigenvalue weighted by Crippen LogP contribution is -2.49. The molecule has 6 rings (SSSR count). The van der Waals surface area contributed by atoms with Crippen LogP contribution in [0.5, 0.6) is 0 Å². The van der Waals surface area contributed by atoms with Gasteiger partial charge in [0.25, 0.3) is 5.56 Å². The van der Waals surface area contributed by atoms with Gasteiger partial charge in [0, 0.05) is 38.4 Å². The Kier molecular flexibility index (Phi) is 5.98. The number of hydrogen-bond acceptors (Lipinski definition) is 6. The molecule has 2 aliphatic rings. The van der Waals surface area contributed by atoms with Crippen molar-refractivity contribution in [1.29, 1.82) is 0 Å². The highest BCUT2D eigenvalue weighted by atomic mass is 32.2. The Balaban J connectivity index is 1.20. The van der Waals surface area contributed by atoms with Gasteiger partial charge in [0.1, 0.15) is 11.2 Å². The lowest BCUT2D eigenvalue weighted by Gasteiger charge is -2.36. The third kappa shape index (κ3) is 4.19. The standard InChI is InChI=1S/C27H27FN6O2S/c1-17-7-8-19(13-18(17)2)34-25-21(15-29-34)26(36)33-20(16-37-27(33)30-25)14-24(35)32-11-9-31(10-12-32)23-6-4-3-5-22(23)28/h3-8,13,15,20H,9-12,14,16H2,1-2H3. The third-order valence-corrected chi connectivity index (χ3v) is 8.44. The molecular weight excluding hydrogens is 491 g/mol. The Hall–Kier alpha value is -3.66. The number of anilines is 1. The number of hydrogen-bond donors (Lipinski definition) is 0. The molecule has 1 fully saturated rings. The van der Waals surface area contributed by atoms with Crippen molar-refractivity contribution in [3.63, 3.8) is 0 Å². The fourth-order valence-corrected chi connectivity index (χ4v) is 6.19. The Morgan fingerprint density at radius 1 is 1.08 bits per heavy atom. The Morgan fingerprint density at radius 3 is 2.62 bits per heavy atom. The maximum absolute atomic E-state index is 14.2. The molecule has 1 amide bonds. The maximum atomic E-state index is 14.2. The predicted octanol–water partition coefficient (Wildman–Crippen LogP) is 3.72. The lowest BCUT2D eigenvalue weighted by atomic mass is 10.1. The summed E-state index contributed by atoms with van der Waals surface area (Å²) in [6, 6.07) is 12.5. The van der Waals surface area contributed by atoms with Gasteiger partial charge >= 0.3 is 0 Å².